The minimum atomic E-state index is -1.77. The van der Waals surface area contributed by atoms with Crippen LogP contribution in [0.15, 0.2) is 73.6 Å². The third-order valence-corrected chi connectivity index (χ3v) is 8.28. The van der Waals surface area contributed by atoms with Crippen LogP contribution in [0.3, 0.4) is 0 Å². The lowest BCUT2D eigenvalue weighted by Crippen LogP contribution is -2.52. The first-order valence-corrected chi connectivity index (χ1v) is 11.3. The van der Waals surface area contributed by atoms with Crippen molar-refractivity contribution < 1.29 is 18.9 Å². The molecule has 2 heterocycles. The molecule has 128 valence electrons. The fourth-order valence-corrected chi connectivity index (χ4v) is 5.41. The molecule has 2 aliphatic rings. The lowest BCUT2D eigenvalue weighted by Gasteiger charge is -2.25. The van der Waals surface area contributed by atoms with Gasteiger partial charge in [0.05, 0.1) is 0 Å². The maximum absolute atomic E-state index is 5.39. The van der Waals surface area contributed by atoms with Gasteiger partial charge in [0.2, 0.25) is 0 Å². The predicted molar refractivity (Wildman–Crippen MR) is 97.7 cm³/mol. The van der Waals surface area contributed by atoms with Gasteiger partial charge in [-0.25, -0.2) is 0 Å². The van der Waals surface area contributed by atoms with Gasteiger partial charge in [0, 0.05) is 11.1 Å². The van der Waals surface area contributed by atoms with Crippen LogP contribution < -0.4 is 10.4 Å². The van der Waals surface area contributed by atoms with E-state index in [0.29, 0.717) is 0 Å². The van der Waals surface area contributed by atoms with E-state index in [1.54, 1.807) is 25.0 Å². The van der Waals surface area contributed by atoms with Crippen molar-refractivity contribution in [1.82, 2.24) is 0 Å². The first kappa shape index (κ1) is 15.8. The van der Waals surface area contributed by atoms with Crippen molar-refractivity contribution in [3.63, 3.8) is 0 Å². The molecule has 0 N–H and O–H groups in total. The average molecular weight is 352 g/mol. The van der Waals surface area contributed by atoms with Crippen LogP contribution in [0.1, 0.15) is 23.7 Å². The van der Waals surface area contributed by atoms with Crippen molar-refractivity contribution in [3.8, 4) is 0 Å². The zero-order valence-electron chi connectivity index (χ0n) is 14.2. The zero-order valence-corrected chi connectivity index (χ0v) is 15.2. The molecule has 0 aromatic heterocycles. The largest absolute Gasteiger partial charge is 0.455 e. The van der Waals surface area contributed by atoms with E-state index in [4.69, 9.17) is 18.9 Å². The number of ether oxygens (including phenoxy) is 4. The highest BCUT2D eigenvalue weighted by molar-refractivity contribution is 7.00. The van der Waals surface area contributed by atoms with Gasteiger partial charge < -0.3 is 18.9 Å². The van der Waals surface area contributed by atoms with Crippen LogP contribution >= 0.6 is 0 Å². The minimum Gasteiger partial charge on any atom is -0.455 e. The molecule has 2 aromatic carbocycles. The van der Waals surface area contributed by atoms with Crippen molar-refractivity contribution in [1.29, 1.82) is 0 Å². The highest BCUT2D eigenvalue weighted by Gasteiger charge is 2.27. The van der Waals surface area contributed by atoms with E-state index in [-0.39, 0.29) is 12.6 Å². The molecule has 25 heavy (non-hydrogen) atoms. The molecule has 0 unspecified atom stereocenters. The fourth-order valence-electron chi connectivity index (χ4n) is 3.07. The Labute approximate surface area is 148 Å². The highest BCUT2D eigenvalue weighted by atomic mass is 28.3. The highest BCUT2D eigenvalue weighted by Crippen LogP contribution is 2.24. The van der Waals surface area contributed by atoms with E-state index in [9.17, 15) is 0 Å². The van der Waals surface area contributed by atoms with E-state index < -0.39 is 8.07 Å². The molecule has 0 fully saturated rings. The quantitative estimate of drug-likeness (QED) is 0.789. The van der Waals surface area contributed by atoms with Crippen LogP contribution in [0, 0.1) is 0 Å². The topological polar surface area (TPSA) is 36.9 Å². The van der Waals surface area contributed by atoms with Gasteiger partial charge in [0.1, 0.15) is 33.1 Å². The predicted octanol–water partition coefficient (Wildman–Crippen LogP) is 3.54. The normalized spacial score (nSPS) is 17.0. The van der Waals surface area contributed by atoms with Gasteiger partial charge in [-0.15, -0.1) is 0 Å². The van der Waals surface area contributed by atoms with Crippen molar-refractivity contribution in [2.45, 2.75) is 25.7 Å². The van der Waals surface area contributed by atoms with Crippen LogP contribution in [0.4, 0.5) is 0 Å². The Kier molecular flexibility index (Phi) is 4.01. The summed E-state index contributed by atoms with van der Waals surface area (Å²) in [6, 6.07) is 17.1. The van der Waals surface area contributed by atoms with Crippen LogP contribution in [-0.4, -0.2) is 8.07 Å². The summed E-state index contributed by atoms with van der Waals surface area (Å²) < 4.78 is 21.6. The molecule has 0 atom stereocenters. The molecule has 2 aromatic rings. The van der Waals surface area contributed by atoms with Crippen LogP contribution in [0.25, 0.3) is 0 Å². The monoisotopic (exact) mass is 352 g/mol. The SMILES string of the molecule is C[Si](C)(c1ccc(C2OC=CO2)cc1)c1ccc(C2OC=CO2)cc1. The molecule has 4 nitrogen and oxygen atoms in total. The van der Waals surface area contributed by atoms with E-state index in [0.717, 1.165) is 11.1 Å². The van der Waals surface area contributed by atoms with E-state index in [1.807, 2.05) is 0 Å². The fraction of sp³-hybridized carbons (Fsp3) is 0.200. The molecular weight excluding hydrogens is 332 g/mol. The summed E-state index contributed by atoms with van der Waals surface area (Å²) in [6.07, 6.45) is 5.66. The van der Waals surface area contributed by atoms with Gasteiger partial charge in [-0.3, -0.25) is 0 Å². The van der Waals surface area contributed by atoms with Gasteiger partial charge in [-0.1, -0.05) is 72.0 Å². The number of hydrogen-bond donors (Lipinski definition) is 0. The molecule has 4 rings (SSSR count). The van der Waals surface area contributed by atoms with E-state index >= 15 is 0 Å². The molecule has 5 heteroatoms. The van der Waals surface area contributed by atoms with Gasteiger partial charge in [0.15, 0.2) is 0 Å². The van der Waals surface area contributed by atoms with E-state index in [2.05, 4.69) is 61.6 Å². The molecule has 0 aliphatic carbocycles. The zero-order chi connectivity index (χ0) is 17.3. The second-order valence-corrected chi connectivity index (χ2v) is 11.0. The molecule has 0 saturated carbocycles. The summed E-state index contributed by atoms with van der Waals surface area (Å²) in [5, 5.41) is 2.73. The Hall–Kier alpha value is -2.66. The third kappa shape index (κ3) is 3.03. The number of rotatable bonds is 4. The van der Waals surface area contributed by atoms with E-state index in [1.165, 1.54) is 10.4 Å². The first-order chi connectivity index (χ1) is 12.1. The second kappa shape index (κ2) is 6.33. The van der Waals surface area contributed by atoms with Crippen molar-refractivity contribution in [3.05, 3.63) is 84.7 Å². The Bertz CT molecular complexity index is 710. The Morgan fingerprint density at radius 1 is 0.560 bits per heavy atom. The summed E-state index contributed by atoms with van der Waals surface area (Å²) in [4.78, 5) is 0. The van der Waals surface area contributed by atoms with Crippen LogP contribution in [0.2, 0.25) is 13.1 Å². The molecule has 0 amide bonds. The van der Waals surface area contributed by atoms with Crippen molar-refractivity contribution in [2.24, 2.45) is 0 Å². The van der Waals surface area contributed by atoms with Crippen LogP contribution in [-0.2, 0) is 18.9 Å². The molecule has 0 saturated heterocycles. The molecule has 0 bridgehead atoms. The molecular formula is C20H20O4Si. The Morgan fingerprint density at radius 3 is 1.20 bits per heavy atom. The van der Waals surface area contributed by atoms with Crippen LogP contribution in [0.5, 0.6) is 0 Å². The summed E-state index contributed by atoms with van der Waals surface area (Å²) in [6.45, 7) is 4.70. The average Bonchev–Trinajstić information content (AvgIpc) is 3.36. The lowest BCUT2D eigenvalue weighted by atomic mass is 10.2. The standard InChI is InChI=1S/C20H20O4Si/c1-25(2,17-7-3-15(4-8-17)19-21-11-12-22-19)18-9-5-16(6-10-18)20-23-13-14-24-20/h3-14,19-20H,1-2H3. The van der Waals surface area contributed by atoms with Gasteiger partial charge in [-0.2, -0.15) is 0 Å². The maximum Gasteiger partial charge on any atom is 0.266 e. The summed E-state index contributed by atoms with van der Waals surface area (Å²) >= 11 is 0. The maximum atomic E-state index is 5.39. The first-order valence-electron chi connectivity index (χ1n) is 8.27. The molecule has 0 spiro atoms. The number of hydrogen-bond acceptors (Lipinski definition) is 4. The summed E-state index contributed by atoms with van der Waals surface area (Å²) in [7, 11) is -1.77. The summed E-state index contributed by atoms with van der Waals surface area (Å²) in [5.74, 6) is 0. The lowest BCUT2D eigenvalue weighted by molar-refractivity contribution is -0.0248. The molecule has 2 aliphatic heterocycles. The second-order valence-electron chi connectivity index (χ2n) is 6.62. The van der Waals surface area contributed by atoms with Crippen molar-refractivity contribution >= 4 is 18.4 Å². The number of benzene rings is 2. The smallest absolute Gasteiger partial charge is 0.266 e. The van der Waals surface area contributed by atoms with Gasteiger partial charge in [0.25, 0.3) is 12.6 Å². The Balaban J connectivity index is 1.53. The van der Waals surface area contributed by atoms with Gasteiger partial charge in [-0.05, 0) is 0 Å². The van der Waals surface area contributed by atoms with Crippen molar-refractivity contribution in [2.75, 3.05) is 0 Å². The Morgan fingerprint density at radius 2 is 0.880 bits per heavy atom. The molecule has 0 radical (unpaired) electrons. The third-order valence-electron chi connectivity index (χ3n) is 4.73. The minimum absolute atomic E-state index is 0.321. The van der Waals surface area contributed by atoms with Gasteiger partial charge >= 0.3 is 0 Å². The summed E-state index contributed by atoms with van der Waals surface area (Å²) in [5.41, 5.74) is 2.05.